The van der Waals surface area contributed by atoms with Crippen LogP contribution in [0, 0.1) is 0 Å². The molecule has 0 aliphatic rings. The third kappa shape index (κ3) is 7.08. The summed E-state index contributed by atoms with van der Waals surface area (Å²) in [4.78, 5) is 0. The van der Waals surface area contributed by atoms with Crippen molar-refractivity contribution in [3.8, 4) is 0 Å². The Hall–Kier alpha value is -1.84. The Morgan fingerprint density at radius 1 is 0.387 bits per heavy atom. The summed E-state index contributed by atoms with van der Waals surface area (Å²) < 4.78 is 229. The number of rotatable bonds is 10. The van der Waals surface area contributed by atoms with Crippen LogP contribution in [0.3, 0.4) is 0 Å². The molecule has 0 aromatic heterocycles. The number of alkyl halides is 15. The van der Waals surface area contributed by atoms with Gasteiger partial charge in [0.25, 0.3) is 0 Å². The highest BCUT2D eigenvalue weighted by atomic mass is 19.4. The molecule has 0 rings (SSSR count). The maximum atomic E-state index is 12.9. The summed E-state index contributed by atoms with van der Waals surface area (Å²) in [5, 5.41) is 0. The molecule has 0 aromatic rings. The molecule has 31 heavy (non-hydrogen) atoms. The van der Waals surface area contributed by atoms with Crippen LogP contribution in [0.2, 0.25) is 0 Å². The van der Waals surface area contributed by atoms with Crippen molar-refractivity contribution in [3.05, 3.63) is 12.1 Å². The Kier molecular flexibility index (Phi) is 7.77. The van der Waals surface area contributed by atoms with E-state index < -0.39 is 55.1 Å². The first-order valence-corrected chi connectivity index (χ1v) is 6.03. The average molecular weight is 514 g/mol. The van der Waals surface area contributed by atoms with E-state index in [2.05, 4.69) is 0 Å². The van der Waals surface area contributed by atoms with Gasteiger partial charge in [-0.25, -0.2) is 14.2 Å². The Morgan fingerprint density at radius 3 is 0.903 bits per heavy atom. The third-order valence-electron chi connectivity index (χ3n) is 2.14. The number of hydrogen-bond acceptors (Lipinski definition) is 4. The zero-order chi connectivity index (χ0) is 25.5. The van der Waals surface area contributed by atoms with Crippen LogP contribution in [-0.2, 0) is 18.9 Å². The first-order chi connectivity index (χ1) is 13.2. The van der Waals surface area contributed by atoms with Gasteiger partial charge in [-0.3, -0.25) is 0 Å². The summed E-state index contributed by atoms with van der Waals surface area (Å²) in [7, 11) is 0. The molecular formula is C9F18O4. The smallest absolute Gasteiger partial charge is 0.396 e. The number of ether oxygens (including phenoxy) is 4. The predicted octanol–water partition coefficient (Wildman–Crippen LogP) is 6.16. The minimum Gasteiger partial charge on any atom is -0.396 e. The van der Waals surface area contributed by atoms with E-state index >= 15 is 0 Å². The highest BCUT2D eigenvalue weighted by Gasteiger charge is 2.77. The molecule has 4 nitrogen and oxygen atoms in total. The van der Waals surface area contributed by atoms with Crippen LogP contribution < -0.4 is 0 Å². The fraction of sp³-hybridized carbons (Fsp3) is 0.778. The van der Waals surface area contributed by atoms with Crippen molar-refractivity contribution in [1.82, 2.24) is 0 Å². The molecule has 0 atom stereocenters. The monoisotopic (exact) mass is 514 g/mol. The Balaban J connectivity index is 5.82. The largest absolute Gasteiger partial charge is 0.527 e. The highest BCUT2D eigenvalue weighted by Crippen LogP contribution is 2.50. The maximum Gasteiger partial charge on any atom is 0.527 e. The molecule has 22 heteroatoms. The topological polar surface area (TPSA) is 36.9 Å². The standard InChI is InChI=1S/C9F18O4/c10-1(11)2(12)28-3(13,14)4(15,16)29-5(17,18)6(19,20)30-7(21,22)8(23,24)31-9(25,26)27. The second-order valence-electron chi connectivity index (χ2n) is 4.49. The van der Waals surface area contributed by atoms with Gasteiger partial charge in [-0.1, -0.05) is 0 Å². The molecule has 0 N–H and O–H groups in total. The Labute approximate surface area is 154 Å². The van der Waals surface area contributed by atoms with Gasteiger partial charge in [-0.15, -0.1) is 13.2 Å². The zero-order valence-corrected chi connectivity index (χ0v) is 12.9. The lowest BCUT2D eigenvalue weighted by Gasteiger charge is -2.34. The third-order valence-corrected chi connectivity index (χ3v) is 2.14. The second kappa shape index (κ2) is 8.26. The van der Waals surface area contributed by atoms with E-state index in [1.807, 2.05) is 4.74 Å². The van der Waals surface area contributed by atoms with Crippen molar-refractivity contribution in [2.75, 3.05) is 0 Å². The molecule has 0 fully saturated rings. The molecule has 0 heterocycles. The van der Waals surface area contributed by atoms with Crippen LogP contribution in [0.1, 0.15) is 0 Å². The molecule has 0 aliphatic carbocycles. The van der Waals surface area contributed by atoms with E-state index in [1.54, 1.807) is 0 Å². The van der Waals surface area contributed by atoms with E-state index in [4.69, 9.17) is 0 Å². The molecule has 0 spiro atoms. The lowest BCUT2D eigenvalue weighted by Crippen LogP contribution is -2.59. The summed E-state index contributed by atoms with van der Waals surface area (Å²) in [5.41, 5.74) is 0. The molecule has 186 valence electrons. The van der Waals surface area contributed by atoms with Crippen molar-refractivity contribution in [3.63, 3.8) is 0 Å². The average Bonchev–Trinajstić information content (AvgIpc) is 2.40. The van der Waals surface area contributed by atoms with Gasteiger partial charge in [-0.2, -0.15) is 65.9 Å². The molecule has 0 radical (unpaired) electrons. The number of hydrogen-bond donors (Lipinski definition) is 0. The lowest BCUT2D eigenvalue weighted by atomic mass is 10.5. The SMILES string of the molecule is FC(F)=C(F)OC(F)(F)C(F)(F)OC(F)(F)C(F)(F)OC(F)(F)C(F)(F)OC(F)(F)F. The van der Waals surface area contributed by atoms with Gasteiger partial charge in [0.15, 0.2) is 0 Å². The van der Waals surface area contributed by atoms with E-state index in [-0.39, 0.29) is 0 Å². The Morgan fingerprint density at radius 2 is 0.645 bits per heavy atom. The summed E-state index contributed by atoms with van der Waals surface area (Å²) >= 11 is 0. The van der Waals surface area contributed by atoms with Crippen molar-refractivity contribution < 1.29 is 98.0 Å². The first-order valence-electron chi connectivity index (χ1n) is 6.03. The fourth-order valence-electron chi connectivity index (χ4n) is 0.975. The van der Waals surface area contributed by atoms with Crippen LogP contribution in [0.25, 0.3) is 0 Å². The summed E-state index contributed by atoms with van der Waals surface area (Å²) in [6, 6.07) is -3.89. The molecule has 0 aliphatic heterocycles. The van der Waals surface area contributed by atoms with Gasteiger partial charge in [0.1, 0.15) is 0 Å². The van der Waals surface area contributed by atoms with E-state index in [0.29, 0.717) is 0 Å². The van der Waals surface area contributed by atoms with Crippen LogP contribution in [0.15, 0.2) is 12.1 Å². The van der Waals surface area contributed by atoms with Gasteiger partial charge in [0, 0.05) is 0 Å². The minimum atomic E-state index is -7.59. The molecular weight excluding hydrogens is 514 g/mol. The molecule has 0 aromatic carbocycles. The molecule has 0 amide bonds. The summed E-state index contributed by atoms with van der Waals surface area (Å²) in [6.07, 6.45) is -54.9. The van der Waals surface area contributed by atoms with E-state index in [1.165, 1.54) is 14.2 Å². The summed E-state index contributed by atoms with van der Waals surface area (Å²) in [5.74, 6) is 0. The van der Waals surface area contributed by atoms with E-state index in [0.717, 1.165) is 0 Å². The molecule has 0 bridgehead atoms. The lowest BCUT2D eigenvalue weighted by molar-refractivity contribution is -0.575. The quantitative estimate of drug-likeness (QED) is 0.259. The van der Waals surface area contributed by atoms with Crippen molar-refractivity contribution in [1.29, 1.82) is 0 Å². The highest BCUT2D eigenvalue weighted by molar-refractivity contribution is 4.85. The molecule has 0 saturated heterocycles. The van der Waals surface area contributed by atoms with Crippen molar-refractivity contribution in [2.24, 2.45) is 0 Å². The van der Waals surface area contributed by atoms with Gasteiger partial charge in [-0.05, 0) is 0 Å². The minimum absolute atomic E-state index is 1.34. The van der Waals surface area contributed by atoms with Gasteiger partial charge >= 0.3 is 55.1 Å². The number of halogens is 18. The molecule has 0 unspecified atom stereocenters. The van der Waals surface area contributed by atoms with Crippen LogP contribution in [0.4, 0.5) is 79.0 Å². The van der Waals surface area contributed by atoms with Gasteiger partial charge in [0.05, 0.1) is 0 Å². The van der Waals surface area contributed by atoms with Gasteiger partial charge < -0.3 is 4.74 Å². The zero-order valence-electron chi connectivity index (χ0n) is 12.9. The fourth-order valence-corrected chi connectivity index (χ4v) is 0.975. The maximum absolute atomic E-state index is 12.9. The van der Waals surface area contributed by atoms with Crippen molar-refractivity contribution >= 4 is 0 Å². The normalized spacial score (nSPS) is 15.2. The van der Waals surface area contributed by atoms with Gasteiger partial charge in [0.2, 0.25) is 0 Å². The first kappa shape index (κ1) is 29.2. The predicted molar refractivity (Wildman–Crippen MR) is 50.4 cm³/mol. The summed E-state index contributed by atoms with van der Waals surface area (Å²) in [6.45, 7) is 0. The second-order valence-corrected chi connectivity index (χ2v) is 4.49. The van der Waals surface area contributed by atoms with Crippen molar-refractivity contribution in [2.45, 2.75) is 43.0 Å². The Bertz CT molecular complexity index is 661. The van der Waals surface area contributed by atoms with Crippen LogP contribution in [0.5, 0.6) is 0 Å². The molecule has 0 saturated carbocycles. The van der Waals surface area contributed by atoms with E-state index in [9.17, 15) is 79.0 Å². The van der Waals surface area contributed by atoms with Crippen LogP contribution in [-0.4, -0.2) is 43.0 Å². The van der Waals surface area contributed by atoms with Crippen LogP contribution >= 0.6 is 0 Å².